The summed E-state index contributed by atoms with van der Waals surface area (Å²) in [6, 6.07) is 5.95. The minimum absolute atomic E-state index is 0.0555. The molecule has 5 nitrogen and oxygen atoms in total. The van der Waals surface area contributed by atoms with Crippen molar-refractivity contribution in [1.29, 1.82) is 0 Å². The Hall–Kier alpha value is -1.56. The number of ether oxygens (including phenoxy) is 2. The summed E-state index contributed by atoms with van der Waals surface area (Å²) in [4.78, 5) is 18.6. The van der Waals surface area contributed by atoms with Gasteiger partial charge in [0.1, 0.15) is 0 Å². The van der Waals surface area contributed by atoms with Crippen LogP contribution < -0.4 is 0 Å². The van der Waals surface area contributed by atoms with Gasteiger partial charge in [-0.15, -0.1) is 0 Å². The molecule has 0 radical (unpaired) electrons. The number of amides is 1. The zero-order valence-corrected chi connectivity index (χ0v) is 15.5. The van der Waals surface area contributed by atoms with Gasteiger partial charge in [-0.2, -0.15) is 0 Å². The minimum atomic E-state index is -0.426. The fraction of sp³-hybridized carbons (Fsp3) is 0.550. The Balaban J connectivity index is 1.32. The Bertz CT molecular complexity index is 846. The average molecular weight is 375 g/mol. The largest absolute Gasteiger partial charge is 0.358 e. The second-order valence-corrected chi connectivity index (χ2v) is 8.08. The van der Waals surface area contributed by atoms with Crippen molar-refractivity contribution in [3.05, 3.63) is 34.5 Å². The predicted molar refractivity (Wildman–Crippen MR) is 99.3 cm³/mol. The van der Waals surface area contributed by atoms with Crippen LogP contribution in [0.5, 0.6) is 0 Å². The summed E-state index contributed by atoms with van der Waals surface area (Å²) in [7, 11) is 0. The van der Waals surface area contributed by atoms with Gasteiger partial charge in [0.25, 0.3) is 0 Å². The lowest BCUT2D eigenvalue weighted by Crippen LogP contribution is -2.49. The molecule has 1 N–H and O–H groups in total. The van der Waals surface area contributed by atoms with Gasteiger partial charge in [-0.1, -0.05) is 11.6 Å². The van der Waals surface area contributed by atoms with E-state index in [0.717, 1.165) is 61.1 Å². The predicted octanol–water partition coefficient (Wildman–Crippen LogP) is 3.29. The highest BCUT2D eigenvalue weighted by atomic mass is 35.5. The number of nitrogens with zero attached hydrogens (tertiary/aromatic N) is 1. The monoisotopic (exact) mass is 374 g/mol. The van der Waals surface area contributed by atoms with Gasteiger partial charge in [0, 0.05) is 53.5 Å². The van der Waals surface area contributed by atoms with Gasteiger partial charge in [0.15, 0.2) is 5.79 Å². The van der Waals surface area contributed by atoms with E-state index in [4.69, 9.17) is 21.1 Å². The van der Waals surface area contributed by atoms with Crippen LogP contribution in [-0.2, 0) is 27.1 Å². The number of hydrogen-bond acceptors (Lipinski definition) is 3. The second kappa shape index (κ2) is 6.25. The summed E-state index contributed by atoms with van der Waals surface area (Å²) in [5.41, 5.74) is 3.64. The molecule has 3 aliphatic rings. The van der Waals surface area contributed by atoms with Crippen molar-refractivity contribution in [2.24, 2.45) is 5.92 Å². The number of benzene rings is 1. The number of hydrogen-bond donors (Lipinski definition) is 1. The number of aromatic amines is 1. The van der Waals surface area contributed by atoms with Gasteiger partial charge >= 0.3 is 0 Å². The molecule has 2 aliphatic heterocycles. The molecule has 1 spiro atoms. The molecule has 1 aromatic heterocycles. The zero-order valence-electron chi connectivity index (χ0n) is 14.7. The van der Waals surface area contributed by atoms with Crippen molar-refractivity contribution in [3.63, 3.8) is 0 Å². The van der Waals surface area contributed by atoms with Crippen LogP contribution in [0, 0.1) is 5.92 Å². The smallest absolute Gasteiger partial charge is 0.226 e. The van der Waals surface area contributed by atoms with Gasteiger partial charge in [0.05, 0.1) is 13.2 Å². The maximum absolute atomic E-state index is 13.1. The molecule has 3 heterocycles. The summed E-state index contributed by atoms with van der Waals surface area (Å²) in [6.45, 7) is 2.79. The van der Waals surface area contributed by atoms with Crippen LogP contribution in [0.1, 0.15) is 30.5 Å². The summed E-state index contributed by atoms with van der Waals surface area (Å²) in [6.07, 6.45) is 4.17. The van der Waals surface area contributed by atoms with Crippen LogP contribution in [0.25, 0.3) is 10.9 Å². The molecule has 1 atom stereocenters. The maximum atomic E-state index is 13.1. The Labute approximate surface area is 157 Å². The number of carbonyl (C=O) groups excluding carboxylic acids is 1. The summed E-state index contributed by atoms with van der Waals surface area (Å²) < 4.78 is 11.5. The Morgan fingerprint density at radius 2 is 2.00 bits per heavy atom. The summed E-state index contributed by atoms with van der Waals surface area (Å²) in [5, 5.41) is 1.90. The number of likely N-dealkylation sites (tertiary alicyclic amines) is 1. The van der Waals surface area contributed by atoms with E-state index in [9.17, 15) is 4.79 Å². The number of H-pyrrole nitrogens is 1. The standard InChI is InChI=1S/C20H23ClN2O3/c21-14-2-4-18-16(12-14)15-11-13(1-3-17(15)22-18)19(24)23-7-5-20(6-8-23)25-9-10-26-20/h2,4,12-13,22H,1,3,5-11H2. The topological polar surface area (TPSA) is 54.6 Å². The van der Waals surface area contributed by atoms with Gasteiger partial charge in [-0.05, 0) is 43.0 Å². The molecule has 1 aromatic carbocycles. The van der Waals surface area contributed by atoms with Crippen LogP contribution in [0.15, 0.2) is 18.2 Å². The molecule has 1 unspecified atom stereocenters. The number of rotatable bonds is 1. The Morgan fingerprint density at radius 3 is 2.77 bits per heavy atom. The molecule has 2 fully saturated rings. The van der Waals surface area contributed by atoms with Crippen LogP contribution in [0.2, 0.25) is 5.02 Å². The highest BCUT2D eigenvalue weighted by molar-refractivity contribution is 6.31. The average Bonchev–Trinajstić information content (AvgIpc) is 3.26. The van der Waals surface area contributed by atoms with E-state index in [1.165, 1.54) is 11.3 Å². The third-order valence-corrected chi connectivity index (χ3v) is 6.38. The molecule has 1 amide bonds. The number of aromatic nitrogens is 1. The quantitative estimate of drug-likeness (QED) is 0.833. The fourth-order valence-electron chi connectivity index (χ4n) is 4.71. The molecule has 6 heteroatoms. The van der Waals surface area contributed by atoms with Crippen molar-refractivity contribution in [2.45, 2.75) is 37.9 Å². The first kappa shape index (κ1) is 16.6. The maximum Gasteiger partial charge on any atom is 0.226 e. The van der Waals surface area contributed by atoms with E-state index in [0.29, 0.717) is 13.2 Å². The third kappa shape index (κ3) is 2.73. The normalized spacial score (nSPS) is 25.0. The first-order valence-electron chi connectivity index (χ1n) is 9.49. The molecule has 0 saturated carbocycles. The molecular weight excluding hydrogens is 352 g/mol. The number of nitrogens with one attached hydrogen (secondary N) is 1. The molecule has 138 valence electrons. The fourth-order valence-corrected chi connectivity index (χ4v) is 4.88. The van der Waals surface area contributed by atoms with E-state index in [1.807, 2.05) is 23.1 Å². The van der Waals surface area contributed by atoms with Crippen molar-refractivity contribution in [3.8, 4) is 0 Å². The number of aryl methyl sites for hydroxylation is 1. The molecule has 26 heavy (non-hydrogen) atoms. The zero-order chi connectivity index (χ0) is 17.7. The molecule has 2 aromatic rings. The van der Waals surface area contributed by atoms with E-state index >= 15 is 0 Å². The van der Waals surface area contributed by atoms with Gasteiger partial charge in [-0.3, -0.25) is 4.79 Å². The lowest BCUT2D eigenvalue weighted by Gasteiger charge is -2.39. The lowest BCUT2D eigenvalue weighted by molar-refractivity contribution is -0.188. The summed E-state index contributed by atoms with van der Waals surface area (Å²) >= 11 is 6.19. The first-order valence-corrected chi connectivity index (χ1v) is 9.87. The molecule has 1 aliphatic carbocycles. The third-order valence-electron chi connectivity index (χ3n) is 6.15. The van der Waals surface area contributed by atoms with Crippen molar-refractivity contribution in [1.82, 2.24) is 9.88 Å². The molecular formula is C20H23ClN2O3. The van der Waals surface area contributed by atoms with E-state index in [1.54, 1.807) is 0 Å². The van der Waals surface area contributed by atoms with Crippen molar-refractivity contribution >= 4 is 28.4 Å². The molecule has 0 bridgehead atoms. The van der Waals surface area contributed by atoms with E-state index in [-0.39, 0.29) is 11.8 Å². The highest BCUT2D eigenvalue weighted by Gasteiger charge is 2.42. The molecule has 2 saturated heterocycles. The lowest BCUT2D eigenvalue weighted by atomic mass is 9.85. The Kier molecular flexibility index (Phi) is 3.99. The van der Waals surface area contributed by atoms with Gasteiger partial charge < -0.3 is 19.4 Å². The van der Waals surface area contributed by atoms with Crippen LogP contribution in [0.3, 0.4) is 0 Å². The molecule has 5 rings (SSSR count). The van der Waals surface area contributed by atoms with E-state index < -0.39 is 5.79 Å². The van der Waals surface area contributed by atoms with E-state index in [2.05, 4.69) is 4.98 Å². The minimum Gasteiger partial charge on any atom is -0.358 e. The number of piperidine rings is 1. The van der Waals surface area contributed by atoms with Gasteiger partial charge in [-0.25, -0.2) is 0 Å². The second-order valence-electron chi connectivity index (χ2n) is 7.64. The van der Waals surface area contributed by atoms with Crippen LogP contribution >= 0.6 is 11.6 Å². The van der Waals surface area contributed by atoms with Gasteiger partial charge in [0.2, 0.25) is 5.91 Å². The number of fused-ring (bicyclic) bond motifs is 3. The SMILES string of the molecule is O=C(C1CCc2[nH]c3ccc(Cl)cc3c2C1)N1CCC2(CC1)OCCO2. The number of halogens is 1. The van der Waals surface area contributed by atoms with Crippen LogP contribution in [-0.4, -0.2) is 47.9 Å². The van der Waals surface area contributed by atoms with Crippen molar-refractivity contribution in [2.75, 3.05) is 26.3 Å². The first-order chi connectivity index (χ1) is 12.6. The highest BCUT2D eigenvalue weighted by Crippen LogP contribution is 2.36. The summed E-state index contributed by atoms with van der Waals surface area (Å²) in [5.74, 6) is -0.0933. The van der Waals surface area contributed by atoms with Crippen LogP contribution in [0.4, 0.5) is 0 Å². The Morgan fingerprint density at radius 1 is 1.23 bits per heavy atom. The van der Waals surface area contributed by atoms with Crippen molar-refractivity contribution < 1.29 is 14.3 Å². The number of carbonyl (C=O) groups is 1.